The van der Waals surface area contributed by atoms with Crippen LogP contribution in [0.25, 0.3) is 0 Å². The molecule has 12 atom stereocenters. The SMILES string of the molecule is CCCCC12OC3C(OCc4ccccc4)C(O1)C(O[C@H]1O[C@H](COCc4ccccc4)[C@@H](OCc4ccccc4)[C@H](OCc4ccccc4)[C@@H]1OCc1ccccc1)C(O2)C3OC(C)=O. The molecular weight excluding hydrogens is 841 g/mol. The Morgan fingerprint density at radius 1 is 0.500 bits per heavy atom. The van der Waals surface area contributed by atoms with E-state index in [9.17, 15) is 4.79 Å². The van der Waals surface area contributed by atoms with E-state index < -0.39 is 79.3 Å². The number of esters is 1. The number of hydrogen-bond acceptors (Lipinski definition) is 12. The normalized spacial score (nSPS) is 30.0. The summed E-state index contributed by atoms with van der Waals surface area (Å²) in [6.45, 7) is 5.00. The van der Waals surface area contributed by atoms with Gasteiger partial charge in [0.2, 0.25) is 0 Å². The third-order valence-electron chi connectivity index (χ3n) is 12.4. The third kappa shape index (κ3) is 11.3. The zero-order chi connectivity index (χ0) is 45.1. The van der Waals surface area contributed by atoms with Crippen molar-refractivity contribution in [1.82, 2.24) is 0 Å². The van der Waals surface area contributed by atoms with Gasteiger partial charge in [-0.25, -0.2) is 0 Å². The minimum absolute atomic E-state index is 0.143. The Kier molecular flexibility index (Phi) is 15.6. The standard InChI is InChI=1S/C54H60O12/c1-3-4-30-54-64-49-46(59-34-41-26-16-8-17-27-41)50(65-54)48(51(66-54)47(49)61-37(2)55)63-53-52(60-35-42-28-18-9-19-29-42)45(58-33-40-24-14-7-15-25-40)44(57-32-39-22-12-6-13-23-39)43(62-53)36-56-31-38-20-10-5-11-21-38/h5-29,43-53H,3-4,30-36H2,1-2H3/t43-,44-,45+,46?,47?,48?,49?,50?,51?,52+,53-,54?/m1/s1. The number of ether oxygens (including phenoxy) is 11. The molecule has 0 spiro atoms. The van der Waals surface area contributed by atoms with Crippen molar-refractivity contribution >= 4 is 5.97 Å². The first-order valence-corrected chi connectivity index (χ1v) is 23.2. The van der Waals surface area contributed by atoms with Gasteiger partial charge in [0, 0.05) is 13.3 Å². The van der Waals surface area contributed by atoms with Crippen LogP contribution in [-0.4, -0.2) is 85.9 Å². The van der Waals surface area contributed by atoms with Crippen LogP contribution < -0.4 is 0 Å². The first-order valence-electron chi connectivity index (χ1n) is 23.2. The van der Waals surface area contributed by atoms with Crippen LogP contribution in [0.1, 0.15) is 60.9 Å². The minimum atomic E-state index is -1.37. The molecule has 5 aromatic rings. The van der Waals surface area contributed by atoms with Gasteiger partial charge < -0.3 is 52.1 Å². The van der Waals surface area contributed by atoms with E-state index in [0.717, 1.165) is 40.7 Å². The average Bonchev–Trinajstić information content (AvgIpc) is 3.35. The van der Waals surface area contributed by atoms with E-state index in [-0.39, 0.29) is 33.0 Å². The van der Waals surface area contributed by atoms with Gasteiger partial charge >= 0.3 is 5.97 Å². The smallest absolute Gasteiger partial charge is 0.303 e. The highest BCUT2D eigenvalue weighted by molar-refractivity contribution is 5.66. The molecule has 7 unspecified atom stereocenters. The van der Waals surface area contributed by atoms with Crippen LogP contribution >= 0.6 is 0 Å². The highest BCUT2D eigenvalue weighted by atomic mass is 16.9. The van der Waals surface area contributed by atoms with Crippen molar-refractivity contribution in [1.29, 1.82) is 0 Å². The van der Waals surface area contributed by atoms with Crippen molar-refractivity contribution in [3.05, 3.63) is 179 Å². The van der Waals surface area contributed by atoms with Gasteiger partial charge in [0.05, 0.1) is 39.6 Å². The van der Waals surface area contributed by atoms with Crippen LogP contribution in [0.3, 0.4) is 0 Å². The second kappa shape index (κ2) is 22.3. The Labute approximate surface area is 387 Å². The predicted octanol–water partition coefficient (Wildman–Crippen LogP) is 8.63. The third-order valence-corrected chi connectivity index (χ3v) is 12.4. The minimum Gasteiger partial charge on any atom is -0.457 e. The lowest BCUT2D eigenvalue weighted by Gasteiger charge is -2.63. The molecule has 0 radical (unpaired) electrons. The maximum atomic E-state index is 12.9. The summed E-state index contributed by atoms with van der Waals surface area (Å²) in [7, 11) is 0. The summed E-state index contributed by atoms with van der Waals surface area (Å²) in [5.41, 5.74) is 4.90. The molecule has 12 nitrogen and oxygen atoms in total. The average molecular weight is 901 g/mol. The fourth-order valence-corrected chi connectivity index (χ4v) is 9.25. The lowest BCUT2D eigenvalue weighted by Crippen LogP contribution is -2.80. The van der Waals surface area contributed by atoms with Crippen molar-refractivity contribution in [2.45, 2.75) is 139 Å². The van der Waals surface area contributed by atoms with E-state index in [1.165, 1.54) is 6.92 Å². The molecule has 0 amide bonds. The van der Waals surface area contributed by atoms with Gasteiger partial charge in [-0.05, 0) is 34.2 Å². The quantitative estimate of drug-likeness (QED) is 0.0619. The summed E-state index contributed by atoms with van der Waals surface area (Å²) < 4.78 is 74.8. The summed E-state index contributed by atoms with van der Waals surface area (Å²) in [6, 6.07) is 49.8. The van der Waals surface area contributed by atoms with E-state index in [4.69, 9.17) is 52.1 Å². The van der Waals surface area contributed by atoms with E-state index in [1.54, 1.807) is 0 Å². The second-order valence-corrected chi connectivity index (χ2v) is 17.3. The second-order valence-electron chi connectivity index (χ2n) is 17.3. The lowest BCUT2D eigenvalue weighted by atomic mass is 9.80. The maximum absolute atomic E-state index is 12.9. The van der Waals surface area contributed by atoms with Gasteiger partial charge in [-0.1, -0.05) is 165 Å². The number of hydrogen-bond donors (Lipinski definition) is 0. The number of carbonyl (C=O) groups is 1. The van der Waals surface area contributed by atoms with Gasteiger partial charge in [-0.2, -0.15) is 0 Å². The van der Waals surface area contributed by atoms with Gasteiger partial charge in [-0.15, -0.1) is 0 Å². The molecule has 5 aliphatic rings. The zero-order valence-corrected chi connectivity index (χ0v) is 37.5. The summed E-state index contributed by atoms with van der Waals surface area (Å²) in [4.78, 5) is 12.9. The maximum Gasteiger partial charge on any atom is 0.303 e. The first-order chi connectivity index (χ1) is 32.4. The Balaban J connectivity index is 1.09. The highest BCUT2D eigenvalue weighted by Crippen LogP contribution is 2.51. The summed E-state index contributed by atoms with van der Waals surface area (Å²) in [5, 5.41) is 0. The predicted molar refractivity (Wildman–Crippen MR) is 242 cm³/mol. The number of benzene rings is 5. The van der Waals surface area contributed by atoms with E-state index in [0.29, 0.717) is 13.0 Å². The molecular formula is C54H60O12. The van der Waals surface area contributed by atoms with Gasteiger partial charge in [0.15, 0.2) is 12.4 Å². The highest BCUT2D eigenvalue weighted by Gasteiger charge is 2.70. The van der Waals surface area contributed by atoms with Crippen molar-refractivity contribution in [2.75, 3.05) is 6.61 Å². The Bertz CT molecular complexity index is 2220. The summed E-state index contributed by atoms with van der Waals surface area (Å²) in [6.07, 6.45) is -6.62. The molecule has 66 heavy (non-hydrogen) atoms. The summed E-state index contributed by atoms with van der Waals surface area (Å²) in [5.74, 6) is -1.86. The zero-order valence-electron chi connectivity index (χ0n) is 37.5. The van der Waals surface area contributed by atoms with Crippen LogP contribution in [0.4, 0.5) is 0 Å². The van der Waals surface area contributed by atoms with Gasteiger partial charge in [0.1, 0.15) is 54.9 Å². The molecule has 1 saturated carbocycles. The summed E-state index contributed by atoms with van der Waals surface area (Å²) >= 11 is 0. The van der Waals surface area contributed by atoms with E-state index >= 15 is 0 Å². The topological polar surface area (TPSA) is 119 Å². The fourth-order valence-electron chi connectivity index (χ4n) is 9.25. The monoisotopic (exact) mass is 900 g/mol. The van der Waals surface area contributed by atoms with Gasteiger partial charge in [0.25, 0.3) is 5.97 Å². The largest absolute Gasteiger partial charge is 0.457 e. The van der Waals surface area contributed by atoms with Crippen molar-refractivity contribution < 1.29 is 56.9 Å². The van der Waals surface area contributed by atoms with Crippen molar-refractivity contribution in [3.8, 4) is 0 Å². The van der Waals surface area contributed by atoms with Crippen LogP contribution in [0, 0.1) is 0 Å². The molecule has 12 heteroatoms. The van der Waals surface area contributed by atoms with Crippen molar-refractivity contribution in [2.24, 2.45) is 0 Å². The first kappa shape index (κ1) is 46.3. The lowest BCUT2D eigenvalue weighted by molar-refractivity contribution is -0.547. The van der Waals surface area contributed by atoms with Crippen LogP contribution in [0.5, 0.6) is 0 Å². The van der Waals surface area contributed by atoms with Crippen LogP contribution in [0.15, 0.2) is 152 Å². The molecule has 348 valence electrons. The molecule has 4 aliphatic heterocycles. The molecule has 4 heterocycles. The Hall–Kier alpha value is -4.83. The van der Waals surface area contributed by atoms with E-state index in [1.807, 2.05) is 152 Å². The number of carbonyl (C=O) groups excluding carboxylic acids is 1. The van der Waals surface area contributed by atoms with Crippen LogP contribution in [-0.2, 0) is 89.9 Å². The molecule has 0 aromatic heterocycles. The van der Waals surface area contributed by atoms with Gasteiger partial charge in [-0.3, -0.25) is 4.79 Å². The molecule has 10 rings (SSSR count). The molecule has 4 saturated heterocycles. The van der Waals surface area contributed by atoms with Crippen LogP contribution in [0.2, 0.25) is 0 Å². The molecule has 0 N–H and O–H groups in total. The molecule has 4 bridgehead atoms. The molecule has 5 aromatic carbocycles. The number of unbranched alkanes of at least 4 members (excludes halogenated alkanes) is 1. The fraction of sp³-hybridized carbons (Fsp3) is 0.426. The van der Waals surface area contributed by atoms with Crippen molar-refractivity contribution in [3.63, 3.8) is 0 Å². The Morgan fingerprint density at radius 2 is 0.909 bits per heavy atom. The van der Waals surface area contributed by atoms with E-state index in [2.05, 4.69) is 6.92 Å². The number of rotatable bonds is 22. The molecule has 1 aliphatic carbocycles. The molecule has 5 fully saturated rings. The Morgan fingerprint density at radius 3 is 1.38 bits per heavy atom.